The first-order chi connectivity index (χ1) is 14.6. The van der Waals surface area contributed by atoms with E-state index in [-0.39, 0.29) is 23.4 Å². The topological polar surface area (TPSA) is 110 Å². The Balaban J connectivity index is 1.82. The Hall–Kier alpha value is -3.10. The first kappa shape index (κ1) is 20.2. The number of carbonyl (C=O) groups is 2. The van der Waals surface area contributed by atoms with Gasteiger partial charge in [0, 0.05) is 0 Å². The van der Waals surface area contributed by atoms with E-state index in [1.54, 1.807) is 12.1 Å². The number of aromatic nitrogens is 4. The predicted octanol–water partition coefficient (Wildman–Crippen LogP) is 3.79. The molecule has 154 valence electrons. The van der Waals surface area contributed by atoms with Crippen LogP contribution in [0.1, 0.15) is 23.9 Å². The quantitative estimate of drug-likeness (QED) is 0.330. The number of hydrogen-bond acceptors (Lipinski definition) is 6. The number of benzene rings is 2. The van der Waals surface area contributed by atoms with Gasteiger partial charge >= 0.3 is 11.9 Å². The molecule has 0 radical (unpaired) electrons. The summed E-state index contributed by atoms with van der Waals surface area (Å²) < 4.78 is 11.1. The standard InChI is InChI=1S/C20H16Cl2N4O4/c21-9-15(27)29-17(19-23-11-5-1-2-6-12(11)24-19)18(30-16(28)10-22)20-25-13-7-3-4-8-14(13)26-20/h1-8,17-18H,9-10H2,(H,23,24)(H,25,26)/t17-,18+. The lowest BCUT2D eigenvalue weighted by molar-refractivity contribution is -0.167. The monoisotopic (exact) mass is 446 g/mol. The molecule has 0 saturated heterocycles. The van der Waals surface area contributed by atoms with E-state index >= 15 is 0 Å². The third-order valence-electron chi connectivity index (χ3n) is 4.36. The highest BCUT2D eigenvalue weighted by atomic mass is 35.5. The van der Waals surface area contributed by atoms with Crippen LogP contribution in [0.25, 0.3) is 22.1 Å². The Labute approximate surface area is 180 Å². The molecule has 2 heterocycles. The van der Waals surface area contributed by atoms with E-state index in [2.05, 4.69) is 19.9 Å². The zero-order valence-corrected chi connectivity index (χ0v) is 17.0. The van der Waals surface area contributed by atoms with E-state index in [0.717, 1.165) is 11.0 Å². The van der Waals surface area contributed by atoms with Crippen LogP contribution >= 0.6 is 23.2 Å². The Morgan fingerprint density at radius 1 is 0.767 bits per heavy atom. The second-order valence-electron chi connectivity index (χ2n) is 6.37. The Kier molecular flexibility index (Phi) is 5.87. The van der Waals surface area contributed by atoms with Gasteiger partial charge in [-0.25, -0.2) is 9.97 Å². The molecular weight excluding hydrogens is 431 g/mol. The number of aromatic amines is 2. The van der Waals surface area contributed by atoms with E-state index < -0.39 is 24.1 Å². The molecule has 0 aliphatic carbocycles. The Morgan fingerprint density at radius 2 is 1.17 bits per heavy atom. The largest absolute Gasteiger partial charge is 0.449 e. The van der Waals surface area contributed by atoms with Gasteiger partial charge < -0.3 is 19.4 Å². The minimum absolute atomic E-state index is 0.280. The third-order valence-corrected chi connectivity index (χ3v) is 4.80. The molecule has 10 heteroatoms. The highest BCUT2D eigenvalue weighted by molar-refractivity contribution is 6.26. The number of carbonyl (C=O) groups excluding carboxylic acids is 2. The first-order valence-electron chi connectivity index (χ1n) is 8.99. The lowest BCUT2D eigenvalue weighted by Gasteiger charge is -2.23. The van der Waals surface area contributed by atoms with E-state index in [1.807, 2.05) is 36.4 Å². The molecule has 0 spiro atoms. The molecule has 8 nitrogen and oxygen atoms in total. The van der Waals surface area contributed by atoms with Gasteiger partial charge in [-0.1, -0.05) is 24.3 Å². The van der Waals surface area contributed by atoms with E-state index in [4.69, 9.17) is 32.7 Å². The van der Waals surface area contributed by atoms with E-state index in [0.29, 0.717) is 11.0 Å². The second-order valence-corrected chi connectivity index (χ2v) is 6.90. The van der Waals surface area contributed by atoms with Crippen LogP contribution in [-0.2, 0) is 19.1 Å². The van der Waals surface area contributed by atoms with Gasteiger partial charge in [0.05, 0.1) is 22.1 Å². The van der Waals surface area contributed by atoms with Crippen LogP contribution < -0.4 is 0 Å². The molecule has 4 aromatic rings. The van der Waals surface area contributed by atoms with Crippen LogP contribution in [-0.4, -0.2) is 43.6 Å². The van der Waals surface area contributed by atoms with Gasteiger partial charge in [-0.15, -0.1) is 23.2 Å². The maximum atomic E-state index is 12.1. The first-order valence-corrected chi connectivity index (χ1v) is 10.1. The van der Waals surface area contributed by atoms with Crippen LogP contribution in [0.15, 0.2) is 48.5 Å². The number of rotatable bonds is 7. The van der Waals surface area contributed by atoms with Crippen molar-refractivity contribution in [2.45, 2.75) is 12.2 Å². The molecule has 0 fully saturated rings. The highest BCUT2D eigenvalue weighted by Gasteiger charge is 2.36. The summed E-state index contributed by atoms with van der Waals surface area (Å²) in [6.07, 6.45) is -2.26. The third kappa shape index (κ3) is 4.10. The molecule has 0 aliphatic rings. The van der Waals surface area contributed by atoms with Gasteiger partial charge in [0.1, 0.15) is 11.8 Å². The summed E-state index contributed by atoms with van der Waals surface area (Å²) in [5.41, 5.74) is 2.77. The number of nitrogens with zero attached hydrogens (tertiary/aromatic N) is 2. The minimum atomic E-state index is -1.13. The fourth-order valence-electron chi connectivity index (χ4n) is 3.08. The summed E-state index contributed by atoms with van der Waals surface area (Å²) in [6.45, 7) is 0. The van der Waals surface area contributed by atoms with Crippen molar-refractivity contribution >= 4 is 57.2 Å². The van der Waals surface area contributed by atoms with Gasteiger partial charge in [-0.2, -0.15) is 0 Å². The lowest BCUT2D eigenvalue weighted by atomic mass is 10.1. The Bertz CT molecular complexity index is 1050. The number of halogens is 2. The fourth-order valence-corrected chi connectivity index (χ4v) is 3.21. The Morgan fingerprint density at radius 3 is 1.53 bits per heavy atom. The van der Waals surface area contributed by atoms with Crippen LogP contribution in [0, 0.1) is 0 Å². The van der Waals surface area contributed by atoms with E-state index in [9.17, 15) is 9.59 Å². The molecule has 4 rings (SSSR count). The maximum Gasteiger partial charge on any atom is 0.321 e. The second kappa shape index (κ2) is 8.73. The average molecular weight is 447 g/mol. The molecule has 2 aromatic carbocycles. The summed E-state index contributed by atoms with van der Waals surface area (Å²) >= 11 is 11.3. The van der Waals surface area contributed by atoms with Crippen molar-refractivity contribution in [3.05, 3.63) is 60.2 Å². The number of H-pyrrole nitrogens is 2. The summed E-state index contributed by atoms with van der Waals surface area (Å²) in [5, 5.41) is 0. The zero-order valence-electron chi connectivity index (χ0n) is 15.5. The van der Waals surface area contributed by atoms with Gasteiger partial charge in [0.25, 0.3) is 0 Å². The molecular formula is C20H16Cl2N4O4. The predicted molar refractivity (Wildman–Crippen MR) is 111 cm³/mol. The molecule has 0 amide bonds. The van der Waals surface area contributed by atoms with E-state index in [1.165, 1.54) is 0 Å². The minimum Gasteiger partial charge on any atom is -0.449 e. The van der Waals surface area contributed by atoms with Gasteiger partial charge in [-0.05, 0) is 24.3 Å². The number of imidazole rings is 2. The average Bonchev–Trinajstić information content (AvgIpc) is 3.39. The van der Waals surface area contributed by atoms with Gasteiger partial charge in [0.15, 0.2) is 11.6 Å². The maximum absolute atomic E-state index is 12.1. The summed E-state index contributed by atoms with van der Waals surface area (Å²) in [4.78, 5) is 39.4. The highest BCUT2D eigenvalue weighted by Crippen LogP contribution is 2.35. The fraction of sp³-hybridized carbons (Fsp3) is 0.200. The zero-order chi connectivity index (χ0) is 21.1. The molecule has 0 saturated carbocycles. The van der Waals surface area contributed by atoms with Crippen molar-refractivity contribution in [1.29, 1.82) is 0 Å². The van der Waals surface area contributed by atoms with Crippen molar-refractivity contribution < 1.29 is 19.1 Å². The lowest BCUT2D eigenvalue weighted by Crippen LogP contribution is -2.25. The molecule has 0 bridgehead atoms. The van der Waals surface area contributed by atoms with Crippen molar-refractivity contribution in [3.8, 4) is 0 Å². The van der Waals surface area contributed by atoms with Crippen molar-refractivity contribution in [2.75, 3.05) is 11.8 Å². The SMILES string of the molecule is O=C(CCl)O[C@H](c1nc2ccccc2[nH]1)[C@@H](OC(=O)CCl)c1nc2ccccc2[nH]1. The normalized spacial score (nSPS) is 13.3. The molecule has 2 atom stereocenters. The number of esters is 2. The molecule has 0 unspecified atom stereocenters. The van der Waals surface area contributed by atoms with Gasteiger partial charge in [0.2, 0.25) is 12.2 Å². The number of hydrogen-bond donors (Lipinski definition) is 2. The summed E-state index contributed by atoms with van der Waals surface area (Å²) in [5.74, 6) is -1.61. The number of ether oxygens (including phenoxy) is 2. The van der Waals surface area contributed by atoms with Crippen LogP contribution in [0.3, 0.4) is 0 Å². The van der Waals surface area contributed by atoms with Crippen LogP contribution in [0.5, 0.6) is 0 Å². The summed E-state index contributed by atoms with van der Waals surface area (Å²) in [7, 11) is 0. The molecule has 0 aliphatic heterocycles. The number of fused-ring (bicyclic) bond motifs is 2. The number of para-hydroxylation sites is 4. The number of alkyl halides is 2. The smallest absolute Gasteiger partial charge is 0.321 e. The molecule has 2 N–H and O–H groups in total. The van der Waals surface area contributed by atoms with Crippen molar-refractivity contribution in [1.82, 2.24) is 19.9 Å². The number of nitrogens with one attached hydrogen (secondary N) is 2. The summed E-state index contributed by atoms with van der Waals surface area (Å²) in [6, 6.07) is 14.6. The van der Waals surface area contributed by atoms with Crippen LogP contribution in [0.4, 0.5) is 0 Å². The van der Waals surface area contributed by atoms with Crippen LogP contribution in [0.2, 0.25) is 0 Å². The van der Waals surface area contributed by atoms with Gasteiger partial charge in [-0.3, -0.25) is 9.59 Å². The van der Waals surface area contributed by atoms with Crippen molar-refractivity contribution in [2.24, 2.45) is 0 Å². The van der Waals surface area contributed by atoms with Crippen molar-refractivity contribution in [3.63, 3.8) is 0 Å². The molecule has 30 heavy (non-hydrogen) atoms. The molecule has 2 aromatic heterocycles.